The molecule has 0 atom stereocenters. The van der Waals surface area contributed by atoms with Crippen LogP contribution in [0.3, 0.4) is 0 Å². The first-order valence-corrected chi connectivity index (χ1v) is 9.90. The van der Waals surface area contributed by atoms with E-state index in [4.69, 9.17) is 10.7 Å². The van der Waals surface area contributed by atoms with Gasteiger partial charge in [0.2, 0.25) is 5.91 Å². The summed E-state index contributed by atoms with van der Waals surface area (Å²) in [6.45, 7) is 8.47. The van der Waals surface area contributed by atoms with Crippen LogP contribution in [-0.2, 0) is 0 Å². The monoisotopic (exact) mass is 383 g/mol. The van der Waals surface area contributed by atoms with Gasteiger partial charge in [0.15, 0.2) is 0 Å². The SMILES string of the molecule is CCC1=C(C)/C(=C(\c2ccc(C(N)=O)cc2)c2[nH]c(C)c3ccccc23)N=C1C. The Morgan fingerprint density at radius 2 is 1.59 bits per heavy atom. The smallest absolute Gasteiger partial charge is 0.248 e. The zero-order valence-corrected chi connectivity index (χ0v) is 17.3. The van der Waals surface area contributed by atoms with E-state index in [-0.39, 0.29) is 0 Å². The first-order chi connectivity index (χ1) is 13.9. The van der Waals surface area contributed by atoms with Crippen molar-refractivity contribution in [2.75, 3.05) is 0 Å². The third-order valence-corrected chi connectivity index (χ3v) is 5.74. The zero-order chi connectivity index (χ0) is 20.7. The minimum absolute atomic E-state index is 0.425. The summed E-state index contributed by atoms with van der Waals surface area (Å²) in [5, 5.41) is 2.36. The molecule has 0 bridgehead atoms. The summed E-state index contributed by atoms with van der Waals surface area (Å²) in [4.78, 5) is 20.1. The highest BCUT2D eigenvalue weighted by Gasteiger charge is 2.24. The van der Waals surface area contributed by atoms with Gasteiger partial charge in [-0.05, 0) is 56.0 Å². The molecule has 3 N–H and O–H groups in total. The number of carbonyl (C=O) groups is 1. The van der Waals surface area contributed by atoms with Gasteiger partial charge in [-0.3, -0.25) is 9.79 Å². The van der Waals surface area contributed by atoms with E-state index in [1.165, 1.54) is 16.5 Å². The Balaban J connectivity index is 2.05. The van der Waals surface area contributed by atoms with Crippen LogP contribution in [0.4, 0.5) is 0 Å². The summed E-state index contributed by atoms with van der Waals surface area (Å²) in [5.41, 5.74) is 14.7. The van der Waals surface area contributed by atoms with Crippen LogP contribution >= 0.6 is 0 Å². The van der Waals surface area contributed by atoms with Gasteiger partial charge in [0.1, 0.15) is 0 Å². The standard InChI is InChI=1S/C25H25N3O/c1-5-19-14(2)23(27-15(19)3)22(17-10-12-18(13-11-17)25(26)29)24-21-9-7-6-8-20(21)16(4)28-24/h6-13,28H,5H2,1-4H3,(H2,26,29)/b23-22-. The maximum Gasteiger partial charge on any atom is 0.248 e. The van der Waals surface area contributed by atoms with Crippen molar-refractivity contribution in [3.8, 4) is 0 Å². The summed E-state index contributed by atoms with van der Waals surface area (Å²) < 4.78 is 0. The van der Waals surface area contributed by atoms with Gasteiger partial charge in [0, 0.05) is 33.3 Å². The summed E-state index contributed by atoms with van der Waals surface area (Å²) >= 11 is 0. The number of primary amides is 1. The van der Waals surface area contributed by atoms with Crippen LogP contribution in [0, 0.1) is 6.92 Å². The van der Waals surface area contributed by atoms with E-state index < -0.39 is 5.91 Å². The number of H-pyrrole nitrogens is 1. The Hall–Kier alpha value is -3.40. The number of hydrogen-bond donors (Lipinski definition) is 2. The fourth-order valence-electron chi connectivity index (χ4n) is 4.25. The predicted octanol–water partition coefficient (Wildman–Crippen LogP) is 5.54. The highest BCUT2D eigenvalue weighted by atomic mass is 16.1. The maximum absolute atomic E-state index is 11.5. The van der Waals surface area contributed by atoms with Gasteiger partial charge < -0.3 is 10.7 Å². The fraction of sp³-hybridized carbons (Fsp3) is 0.200. The van der Waals surface area contributed by atoms with E-state index in [0.29, 0.717) is 5.56 Å². The molecule has 1 aliphatic rings. The molecule has 0 spiro atoms. The van der Waals surface area contributed by atoms with Crippen molar-refractivity contribution in [2.45, 2.75) is 34.1 Å². The first-order valence-electron chi connectivity index (χ1n) is 9.90. The number of carbonyl (C=O) groups excluding carboxylic acids is 1. The largest absolute Gasteiger partial charge is 0.366 e. The Kier molecular flexibility index (Phi) is 4.71. The zero-order valence-electron chi connectivity index (χ0n) is 17.3. The minimum atomic E-state index is -0.425. The van der Waals surface area contributed by atoms with Crippen LogP contribution in [0.15, 0.2) is 70.4 Å². The van der Waals surface area contributed by atoms with E-state index in [1.807, 2.05) is 12.1 Å². The lowest BCUT2D eigenvalue weighted by Gasteiger charge is -2.12. The molecule has 4 rings (SSSR count). The van der Waals surface area contributed by atoms with Gasteiger partial charge >= 0.3 is 0 Å². The molecule has 0 aliphatic carbocycles. The molecule has 0 radical (unpaired) electrons. The summed E-state index contributed by atoms with van der Waals surface area (Å²) in [6, 6.07) is 15.8. The normalized spacial score (nSPS) is 15.8. The number of rotatable bonds is 4. The molecule has 146 valence electrons. The predicted molar refractivity (Wildman–Crippen MR) is 120 cm³/mol. The van der Waals surface area contributed by atoms with Gasteiger partial charge in [0.25, 0.3) is 0 Å². The molecular weight excluding hydrogens is 358 g/mol. The highest BCUT2D eigenvalue weighted by molar-refractivity contribution is 6.07. The molecule has 0 unspecified atom stereocenters. The first kappa shape index (κ1) is 18.9. The highest BCUT2D eigenvalue weighted by Crippen LogP contribution is 2.39. The van der Waals surface area contributed by atoms with Crippen molar-refractivity contribution < 1.29 is 4.79 Å². The number of aryl methyl sites for hydroxylation is 1. The van der Waals surface area contributed by atoms with E-state index in [2.05, 4.69) is 56.9 Å². The van der Waals surface area contributed by atoms with Gasteiger partial charge in [-0.2, -0.15) is 0 Å². The third-order valence-electron chi connectivity index (χ3n) is 5.74. The Bertz CT molecular complexity index is 1220. The lowest BCUT2D eigenvalue weighted by atomic mass is 9.93. The molecule has 1 aliphatic heterocycles. The molecule has 0 saturated heterocycles. The molecule has 4 heteroatoms. The number of benzene rings is 2. The number of amides is 1. The van der Waals surface area contributed by atoms with Crippen LogP contribution in [0.5, 0.6) is 0 Å². The summed E-state index contributed by atoms with van der Waals surface area (Å²) in [7, 11) is 0. The average Bonchev–Trinajstić information content (AvgIpc) is 3.19. The lowest BCUT2D eigenvalue weighted by molar-refractivity contribution is 0.100. The van der Waals surface area contributed by atoms with Crippen LogP contribution in [-0.4, -0.2) is 16.6 Å². The van der Waals surface area contributed by atoms with Gasteiger partial charge in [0.05, 0.1) is 11.4 Å². The maximum atomic E-state index is 11.5. The van der Waals surface area contributed by atoms with Crippen molar-refractivity contribution in [1.29, 1.82) is 0 Å². The molecule has 4 nitrogen and oxygen atoms in total. The second-order valence-electron chi connectivity index (χ2n) is 7.49. The Morgan fingerprint density at radius 1 is 0.966 bits per heavy atom. The molecule has 1 amide bonds. The van der Waals surface area contributed by atoms with E-state index in [0.717, 1.165) is 45.7 Å². The molecule has 0 fully saturated rings. The van der Waals surface area contributed by atoms with Crippen molar-refractivity contribution in [2.24, 2.45) is 10.7 Å². The molecular formula is C25H25N3O. The number of aromatic amines is 1. The third kappa shape index (κ3) is 3.11. The van der Waals surface area contributed by atoms with Crippen molar-refractivity contribution in [3.63, 3.8) is 0 Å². The average molecular weight is 383 g/mol. The number of allylic oxidation sites excluding steroid dienone is 2. The lowest BCUT2D eigenvalue weighted by Crippen LogP contribution is -2.10. The Morgan fingerprint density at radius 3 is 2.17 bits per heavy atom. The van der Waals surface area contributed by atoms with Crippen LogP contribution in [0.1, 0.15) is 54.5 Å². The fourth-order valence-corrected chi connectivity index (χ4v) is 4.25. The number of nitrogens with two attached hydrogens (primary N) is 1. The van der Waals surface area contributed by atoms with Crippen LogP contribution in [0.25, 0.3) is 16.3 Å². The summed E-state index contributed by atoms with van der Waals surface area (Å²) in [6.07, 6.45) is 0.947. The molecule has 2 aromatic carbocycles. The molecule has 0 saturated carbocycles. The second kappa shape index (κ2) is 7.21. The second-order valence-corrected chi connectivity index (χ2v) is 7.49. The van der Waals surface area contributed by atoms with E-state index in [9.17, 15) is 4.79 Å². The van der Waals surface area contributed by atoms with Gasteiger partial charge in [-0.15, -0.1) is 0 Å². The number of nitrogens with one attached hydrogen (secondary N) is 1. The number of nitrogens with zero attached hydrogens (tertiary/aromatic N) is 1. The number of aliphatic imine (C=N–C) groups is 1. The van der Waals surface area contributed by atoms with E-state index in [1.54, 1.807) is 12.1 Å². The molecule has 3 aromatic rings. The molecule has 2 heterocycles. The number of hydrogen-bond acceptors (Lipinski definition) is 2. The summed E-state index contributed by atoms with van der Waals surface area (Å²) in [5.74, 6) is -0.425. The number of fused-ring (bicyclic) bond motifs is 1. The van der Waals surface area contributed by atoms with Gasteiger partial charge in [-0.1, -0.05) is 43.3 Å². The van der Waals surface area contributed by atoms with E-state index >= 15 is 0 Å². The van der Waals surface area contributed by atoms with Crippen molar-refractivity contribution in [1.82, 2.24) is 4.98 Å². The van der Waals surface area contributed by atoms with Crippen LogP contribution < -0.4 is 5.73 Å². The molecule has 1 aromatic heterocycles. The Labute approximate surface area is 170 Å². The van der Waals surface area contributed by atoms with Crippen molar-refractivity contribution >= 4 is 28.0 Å². The quantitative estimate of drug-likeness (QED) is 0.610. The van der Waals surface area contributed by atoms with Crippen LogP contribution in [0.2, 0.25) is 0 Å². The van der Waals surface area contributed by atoms with Crippen molar-refractivity contribution in [3.05, 3.63) is 87.9 Å². The number of aromatic nitrogens is 1. The minimum Gasteiger partial charge on any atom is -0.366 e. The van der Waals surface area contributed by atoms with Gasteiger partial charge in [-0.25, -0.2) is 0 Å². The molecule has 29 heavy (non-hydrogen) atoms. The topological polar surface area (TPSA) is 71.2 Å².